The first-order valence-electron chi connectivity index (χ1n) is 20.1. The van der Waals surface area contributed by atoms with Crippen molar-refractivity contribution in [1.29, 1.82) is 0 Å². The van der Waals surface area contributed by atoms with Crippen molar-refractivity contribution < 1.29 is 27.4 Å². The van der Waals surface area contributed by atoms with E-state index in [0.717, 1.165) is 24.4 Å². The Labute approximate surface area is 330 Å². The number of amides is 1. The number of hydrogen-bond donors (Lipinski definition) is 1. The molecule has 2 heterocycles. The molecule has 0 saturated heterocycles. The fourth-order valence-electron chi connectivity index (χ4n) is 8.14. The molecular formula is C46H62N3O5Si+. The zero-order valence-electron chi connectivity index (χ0n) is 34.3. The molecule has 3 aromatic carbocycles. The molecule has 2 aliphatic rings. The van der Waals surface area contributed by atoms with Gasteiger partial charge in [0.05, 0.1) is 12.0 Å². The van der Waals surface area contributed by atoms with Gasteiger partial charge in [-0.05, 0) is 69.5 Å². The number of nitrogens with zero attached hydrogens (tertiary/aromatic N) is 2. The topological polar surface area (TPSA) is 72.3 Å². The molecule has 294 valence electrons. The molecule has 0 fully saturated rings. The Morgan fingerprint density at radius 3 is 2.22 bits per heavy atom. The number of allylic oxidation sites excluding steroid dienone is 8. The van der Waals surface area contributed by atoms with Gasteiger partial charge in [0.25, 0.3) is 0 Å². The summed E-state index contributed by atoms with van der Waals surface area (Å²) in [6.45, 7) is 21.1. The molecule has 0 aromatic heterocycles. The average Bonchev–Trinajstić information content (AvgIpc) is 3.52. The van der Waals surface area contributed by atoms with Crippen molar-refractivity contribution in [1.82, 2.24) is 5.32 Å². The maximum absolute atomic E-state index is 12.8. The monoisotopic (exact) mass is 764 g/mol. The van der Waals surface area contributed by atoms with Crippen LogP contribution in [0.25, 0.3) is 10.8 Å². The van der Waals surface area contributed by atoms with Gasteiger partial charge >= 0.3 is 14.9 Å². The lowest BCUT2D eigenvalue weighted by atomic mass is 9.81. The number of anilines is 1. The highest BCUT2D eigenvalue weighted by atomic mass is 28.4. The fourth-order valence-corrected chi connectivity index (χ4v) is 10.8. The quantitative estimate of drug-likeness (QED) is 0.0567. The zero-order chi connectivity index (χ0) is 39.5. The van der Waals surface area contributed by atoms with Gasteiger partial charge in [0, 0.05) is 73.3 Å². The summed E-state index contributed by atoms with van der Waals surface area (Å²) in [6.07, 6.45) is 16.3. The van der Waals surface area contributed by atoms with E-state index in [1.807, 2.05) is 20.8 Å². The third kappa shape index (κ3) is 9.40. The van der Waals surface area contributed by atoms with Crippen LogP contribution < -0.4 is 10.2 Å². The second-order valence-electron chi connectivity index (χ2n) is 15.0. The van der Waals surface area contributed by atoms with Crippen LogP contribution in [0.2, 0.25) is 6.04 Å². The third-order valence-electron chi connectivity index (χ3n) is 10.5. The summed E-state index contributed by atoms with van der Waals surface area (Å²) >= 11 is 0. The molecule has 9 heteroatoms. The van der Waals surface area contributed by atoms with Gasteiger partial charge < -0.3 is 28.2 Å². The van der Waals surface area contributed by atoms with E-state index in [0.29, 0.717) is 45.4 Å². The smallest absolute Gasteiger partial charge is 0.448 e. The molecule has 0 saturated carbocycles. The number of para-hydroxylation sites is 1. The van der Waals surface area contributed by atoms with Crippen LogP contribution >= 0.6 is 0 Å². The first-order valence-corrected chi connectivity index (χ1v) is 22.1. The lowest BCUT2D eigenvalue weighted by molar-refractivity contribution is -0.437. The average molecular weight is 765 g/mol. The van der Waals surface area contributed by atoms with E-state index in [9.17, 15) is 4.79 Å². The molecule has 8 nitrogen and oxygen atoms in total. The van der Waals surface area contributed by atoms with Gasteiger partial charge in [-0.25, -0.2) is 4.79 Å². The summed E-state index contributed by atoms with van der Waals surface area (Å²) in [7, 11) is -2.75. The zero-order valence-corrected chi connectivity index (χ0v) is 35.3. The number of nitrogens with one attached hydrogen (secondary N) is 1. The molecule has 0 aliphatic carbocycles. The van der Waals surface area contributed by atoms with Crippen molar-refractivity contribution in [2.45, 2.75) is 85.1 Å². The Morgan fingerprint density at radius 2 is 1.49 bits per heavy atom. The van der Waals surface area contributed by atoms with Gasteiger partial charge in [0.15, 0.2) is 5.71 Å². The van der Waals surface area contributed by atoms with E-state index in [1.54, 1.807) is 0 Å². The summed E-state index contributed by atoms with van der Waals surface area (Å²) in [5.74, 6) is 0. The Balaban J connectivity index is 1.27. The van der Waals surface area contributed by atoms with Gasteiger partial charge in [-0.3, -0.25) is 0 Å². The van der Waals surface area contributed by atoms with Crippen molar-refractivity contribution in [3.05, 3.63) is 120 Å². The van der Waals surface area contributed by atoms with Crippen molar-refractivity contribution in [2.24, 2.45) is 0 Å². The van der Waals surface area contributed by atoms with E-state index in [-0.39, 0.29) is 17.4 Å². The Kier molecular flexibility index (Phi) is 14.5. The van der Waals surface area contributed by atoms with E-state index in [1.165, 1.54) is 33.3 Å². The predicted octanol–water partition coefficient (Wildman–Crippen LogP) is 10.1. The maximum Gasteiger partial charge on any atom is 0.500 e. The molecular weight excluding hydrogens is 703 g/mol. The predicted molar refractivity (Wildman–Crippen MR) is 229 cm³/mol. The van der Waals surface area contributed by atoms with E-state index in [4.69, 9.17) is 18.0 Å². The number of rotatable bonds is 19. The molecule has 0 spiro atoms. The summed E-state index contributed by atoms with van der Waals surface area (Å²) in [4.78, 5) is 15.1. The van der Waals surface area contributed by atoms with E-state index < -0.39 is 14.9 Å². The van der Waals surface area contributed by atoms with Gasteiger partial charge in [-0.1, -0.05) is 99.7 Å². The Hall–Kier alpha value is -4.28. The number of carbonyl (C=O) groups is 1. The van der Waals surface area contributed by atoms with Crippen molar-refractivity contribution >= 4 is 42.8 Å². The molecule has 0 bridgehead atoms. The molecule has 1 amide bonds. The number of fused-ring (bicyclic) bond motifs is 4. The van der Waals surface area contributed by atoms with Crippen molar-refractivity contribution in [3.63, 3.8) is 0 Å². The van der Waals surface area contributed by atoms with Crippen LogP contribution in [0, 0.1) is 0 Å². The molecule has 5 rings (SSSR count). The van der Waals surface area contributed by atoms with Crippen LogP contribution in [0.5, 0.6) is 0 Å². The molecule has 1 N–H and O–H groups in total. The number of ether oxygens (including phenoxy) is 1. The first-order chi connectivity index (χ1) is 26.5. The largest absolute Gasteiger partial charge is 0.500 e. The van der Waals surface area contributed by atoms with Crippen molar-refractivity contribution in [2.75, 3.05) is 51.0 Å². The summed E-state index contributed by atoms with van der Waals surface area (Å²) in [5.41, 5.74) is 7.28. The van der Waals surface area contributed by atoms with Gasteiger partial charge in [-0.15, -0.1) is 0 Å². The van der Waals surface area contributed by atoms with Gasteiger partial charge in [0.2, 0.25) is 5.69 Å². The second-order valence-corrected chi connectivity index (χ2v) is 17.7. The van der Waals surface area contributed by atoms with Crippen LogP contribution in [0.4, 0.5) is 16.2 Å². The number of hydrogen-bond acceptors (Lipinski definition) is 6. The van der Waals surface area contributed by atoms with Crippen LogP contribution in [0.1, 0.15) is 79.4 Å². The fraction of sp³-hybridized carbons (Fsp3) is 0.435. The van der Waals surface area contributed by atoms with Crippen LogP contribution in [-0.2, 0) is 28.8 Å². The lowest BCUT2D eigenvalue weighted by Crippen LogP contribution is -2.46. The van der Waals surface area contributed by atoms with Crippen LogP contribution in [0.15, 0.2) is 109 Å². The summed E-state index contributed by atoms with van der Waals surface area (Å²) < 4.78 is 26.0. The standard InChI is InChI=1S/C46H61N3O5Si/c1-9-32-48-39-26-21-20-25-38(39)45(5,6)41(48)27-16-14-13-15-17-28-42-46(7,8)43-37-24-19-18-23-36(37)29-30-40(43)49(42)33-34-51-44(50)47-31-22-35-55(52-10-2,53-11-3)54-12-4/h13-21,23-30H,9-12,22,31-35H2,1-8H3/p+1. The highest BCUT2D eigenvalue weighted by Gasteiger charge is 2.44. The number of benzene rings is 3. The Bertz CT molecular complexity index is 1930. The Morgan fingerprint density at radius 1 is 0.818 bits per heavy atom. The minimum Gasteiger partial charge on any atom is -0.448 e. The summed E-state index contributed by atoms with van der Waals surface area (Å²) in [6, 6.07) is 22.3. The molecule has 55 heavy (non-hydrogen) atoms. The van der Waals surface area contributed by atoms with Crippen molar-refractivity contribution in [3.8, 4) is 0 Å². The molecule has 3 aromatic rings. The molecule has 0 atom stereocenters. The maximum atomic E-state index is 12.8. The number of carbonyl (C=O) groups excluding carboxylic acids is 1. The SMILES string of the molecule is CCC[N+]1=C(/C=C/C=C/C=C/C=C2/N(CCOC(=O)NCCC[Si](OCC)(OCC)OCC)c3ccc4ccccc4c3C2(C)C)C(C)(C)c2ccccc21. The highest BCUT2D eigenvalue weighted by Crippen LogP contribution is 2.50. The highest BCUT2D eigenvalue weighted by molar-refractivity contribution is 6.60. The first kappa shape index (κ1) is 41.9. The van der Waals surface area contributed by atoms with Crippen LogP contribution in [0.3, 0.4) is 0 Å². The lowest BCUT2D eigenvalue weighted by Gasteiger charge is -2.28. The molecule has 0 radical (unpaired) electrons. The van der Waals surface area contributed by atoms with Gasteiger partial charge in [0.1, 0.15) is 13.2 Å². The third-order valence-corrected chi connectivity index (χ3v) is 13.7. The van der Waals surface area contributed by atoms with E-state index in [2.05, 4.69) is 153 Å². The minimum absolute atomic E-state index is 0.0526. The van der Waals surface area contributed by atoms with Crippen LogP contribution in [-0.4, -0.2) is 71.2 Å². The number of alkyl carbamates (subject to hydrolysis) is 1. The van der Waals surface area contributed by atoms with Gasteiger partial charge in [-0.2, -0.15) is 4.58 Å². The minimum atomic E-state index is -2.75. The normalized spacial score (nSPS) is 17.0. The second kappa shape index (κ2) is 19.0. The van der Waals surface area contributed by atoms with E-state index >= 15 is 0 Å². The molecule has 0 unspecified atom stereocenters. The summed E-state index contributed by atoms with van der Waals surface area (Å²) in [5, 5.41) is 5.36. The molecule has 2 aliphatic heterocycles.